The molecule has 3 N–H and O–H groups in total. The number of fused-ring (bicyclic) bond motifs is 1. The summed E-state index contributed by atoms with van der Waals surface area (Å²) in [6, 6.07) is 0.664. The Morgan fingerprint density at radius 1 is 1.21 bits per heavy atom. The fourth-order valence-electron chi connectivity index (χ4n) is 2.99. The number of nitrogen functional groups attached to an aromatic ring is 1. The first-order valence-electron chi connectivity index (χ1n) is 6.89. The number of rotatable bonds is 2. The van der Waals surface area contributed by atoms with Crippen LogP contribution in [-0.4, -0.2) is 52.9 Å². The van der Waals surface area contributed by atoms with Crippen molar-refractivity contribution in [3.63, 3.8) is 0 Å². The topological polar surface area (TPSA) is 82.1 Å². The Bertz CT molecular complexity index is 457. The van der Waals surface area contributed by atoms with Gasteiger partial charge in [-0.05, 0) is 19.4 Å². The zero-order valence-corrected chi connectivity index (χ0v) is 11.0. The molecule has 0 spiro atoms. The lowest BCUT2D eigenvalue weighted by molar-refractivity contribution is 0.133. The van der Waals surface area contributed by atoms with Gasteiger partial charge < -0.3 is 10.6 Å². The van der Waals surface area contributed by atoms with Crippen molar-refractivity contribution in [2.45, 2.75) is 25.3 Å². The SMILES string of the molecule is N=C(N)c1cnc(N2CCN3CCCCC3C2)cn1. The van der Waals surface area contributed by atoms with Crippen molar-refractivity contribution in [2.75, 3.05) is 31.1 Å². The largest absolute Gasteiger partial charge is 0.382 e. The van der Waals surface area contributed by atoms with Crippen molar-refractivity contribution >= 4 is 11.7 Å². The van der Waals surface area contributed by atoms with Crippen LogP contribution < -0.4 is 10.6 Å². The molecule has 0 amide bonds. The molecule has 2 aliphatic rings. The number of amidine groups is 1. The number of nitrogens with one attached hydrogen (secondary N) is 1. The molecule has 2 saturated heterocycles. The van der Waals surface area contributed by atoms with Crippen molar-refractivity contribution in [3.05, 3.63) is 18.1 Å². The fraction of sp³-hybridized carbons (Fsp3) is 0.615. The quantitative estimate of drug-likeness (QED) is 0.595. The zero-order valence-electron chi connectivity index (χ0n) is 11.0. The van der Waals surface area contributed by atoms with Crippen LogP contribution in [0.3, 0.4) is 0 Å². The highest BCUT2D eigenvalue weighted by Crippen LogP contribution is 2.23. The van der Waals surface area contributed by atoms with Crippen molar-refractivity contribution < 1.29 is 0 Å². The van der Waals surface area contributed by atoms with E-state index in [4.69, 9.17) is 11.1 Å². The van der Waals surface area contributed by atoms with Gasteiger partial charge in [-0.1, -0.05) is 6.42 Å². The molecule has 6 heteroatoms. The summed E-state index contributed by atoms with van der Waals surface area (Å²) in [6.45, 7) is 4.40. The maximum absolute atomic E-state index is 7.33. The molecule has 1 aromatic heterocycles. The molecule has 102 valence electrons. The monoisotopic (exact) mass is 260 g/mol. The lowest BCUT2D eigenvalue weighted by Crippen LogP contribution is -2.55. The van der Waals surface area contributed by atoms with Gasteiger partial charge in [0.2, 0.25) is 0 Å². The van der Waals surface area contributed by atoms with Crippen LogP contribution in [-0.2, 0) is 0 Å². The standard InChI is InChI=1S/C13H20N6/c14-13(15)11-7-17-12(8-16-11)19-6-5-18-4-2-1-3-10(18)9-19/h7-8,10H,1-6,9H2,(H3,14,15). The molecule has 2 aliphatic heterocycles. The molecular formula is C13H20N6. The zero-order chi connectivity index (χ0) is 13.2. The number of aromatic nitrogens is 2. The van der Waals surface area contributed by atoms with E-state index >= 15 is 0 Å². The Hall–Kier alpha value is -1.69. The predicted octanol–water partition coefficient (Wildman–Crippen LogP) is 0.435. The average Bonchev–Trinajstić information content (AvgIpc) is 2.47. The van der Waals surface area contributed by atoms with Gasteiger partial charge >= 0.3 is 0 Å². The Morgan fingerprint density at radius 2 is 2.11 bits per heavy atom. The molecule has 1 aromatic rings. The number of hydrogen-bond donors (Lipinski definition) is 2. The van der Waals surface area contributed by atoms with Gasteiger partial charge in [-0.3, -0.25) is 10.3 Å². The van der Waals surface area contributed by atoms with Crippen LogP contribution in [0.4, 0.5) is 5.82 Å². The van der Waals surface area contributed by atoms with E-state index in [2.05, 4.69) is 19.8 Å². The third kappa shape index (κ3) is 2.53. The van der Waals surface area contributed by atoms with E-state index < -0.39 is 0 Å². The molecule has 2 fully saturated rings. The van der Waals surface area contributed by atoms with E-state index in [9.17, 15) is 0 Å². The fourth-order valence-corrected chi connectivity index (χ4v) is 2.99. The number of anilines is 1. The second-order valence-corrected chi connectivity index (χ2v) is 5.31. The highest BCUT2D eigenvalue weighted by molar-refractivity contribution is 5.92. The summed E-state index contributed by atoms with van der Waals surface area (Å²) in [5.41, 5.74) is 5.83. The van der Waals surface area contributed by atoms with Gasteiger partial charge in [-0.2, -0.15) is 0 Å². The molecule has 0 radical (unpaired) electrons. The van der Waals surface area contributed by atoms with Crippen LogP contribution in [0.1, 0.15) is 25.0 Å². The Balaban J connectivity index is 1.70. The molecular weight excluding hydrogens is 240 g/mol. The van der Waals surface area contributed by atoms with Gasteiger partial charge in [0.1, 0.15) is 17.3 Å². The maximum Gasteiger partial charge on any atom is 0.147 e. The summed E-state index contributed by atoms with van der Waals surface area (Å²) in [4.78, 5) is 13.5. The first-order chi connectivity index (χ1) is 9.24. The minimum absolute atomic E-state index is 0.0313. The van der Waals surface area contributed by atoms with Crippen molar-refractivity contribution in [1.29, 1.82) is 5.41 Å². The number of nitrogens with two attached hydrogens (primary N) is 1. The smallest absolute Gasteiger partial charge is 0.147 e. The van der Waals surface area contributed by atoms with Gasteiger partial charge in [0, 0.05) is 25.7 Å². The summed E-state index contributed by atoms with van der Waals surface area (Å²) >= 11 is 0. The number of piperidine rings is 1. The van der Waals surface area contributed by atoms with Gasteiger partial charge in [-0.15, -0.1) is 0 Å². The van der Waals surface area contributed by atoms with Crippen molar-refractivity contribution in [1.82, 2.24) is 14.9 Å². The van der Waals surface area contributed by atoms with E-state index in [1.165, 1.54) is 25.8 Å². The first-order valence-corrected chi connectivity index (χ1v) is 6.89. The summed E-state index contributed by atoms with van der Waals surface area (Å²) in [5, 5.41) is 7.33. The van der Waals surface area contributed by atoms with Crippen molar-refractivity contribution in [2.24, 2.45) is 5.73 Å². The molecule has 0 saturated carbocycles. The minimum Gasteiger partial charge on any atom is -0.382 e. The normalized spacial score (nSPS) is 24.0. The molecule has 0 bridgehead atoms. The van der Waals surface area contributed by atoms with E-state index in [1.807, 2.05) is 0 Å². The second kappa shape index (κ2) is 5.13. The minimum atomic E-state index is -0.0313. The molecule has 6 nitrogen and oxygen atoms in total. The lowest BCUT2D eigenvalue weighted by atomic mass is 9.99. The number of piperazine rings is 1. The van der Waals surface area contributed by atoms with E-state index in [0.717, 1.165) is 25.5 Å². The Kier molecular flexibility index (Phi) is 3.33. The summed E-state index contributed by atoms with van der Waals surface area (Å²) in [6.07, 6.45) is 7.28. The van der Waals surface area contributed by atoms with Crippen LogP contribution in [0.5, 0.6) is 0 Å². The highest BCUT2D eigenvalue weighted by atomic mass is 15.3. The molecule has 1 unspecified atom stereocenters. The van der Waals surface area contributed by atoms with E-state index in [1.54, 1.807) is 12.4 Å². The Morgan fingerprint density at radius 3 is 2.84 bits per heavy atom. The number of hydrogen-bond acceptors (Lipinski definition) is 5. The average molecular weight is 260 g/mol. The van der Waals surface area contributed by atoms with E-state index in [-0.39, 0.29) is 5.84 Å². The molecule has 0 aliphatic carbocycles. The second-order valence-electron chi connectivity index (χ2n) is 5.31. The van der Waals surface area contributed by atoms with Crippen LogP contribution in [0.25, 0.3) is 0 Å². The maximum atomic E-state index is 7.33. The third-order valence-corrected chi connectivity index (χ3v) is 4.08. The van der Waals surface area contributed by atoms with Crippen LogP contribution in [0.15, 0.2) is 12.4 Å². The third-order valence-electron chi connectivity index (χ3n) is 4.08. The first kappa shape index (κ1) is 12.3. The summed E-state index contributed by atoms with van der Waals surface area (Å²) in [5.74, 6) is 0.867. The predicted molar refractivity (Wildman–Crippen MR) is 74.5 cm³/mol. The van der Waals surface area contributed by atoms with Gasteiger partial charge in [-0.25, -0.2) is 9.97 Å². The molecule has 0 aromatic carbocycles. The van der Waals surface area contributed by atoms with E-state index in [0.29, 0.717) is 11.7 Å². The summed E-state index contributed by atoms with van der Waals surface area (Å²) in [7, 11) is 0. The van der Waals surface area contributed by atoms with Crippen LogP contribution in [0, 0.1) is 5.41 Å². The molecule has 1 atom stereocenters. The lowest BCUT2D eigenvalue weighted by Gasteiger charge is -2.44. The van der Waals surface area contributed by atoms with Crippen LogP contribution in [0.2, 0.25) is 0 Å². The molecule has 3 heterocycles. The van der Waals surface area contributed by atoms with Gasteiger partial charge in [0.25, 0.3) is 0 Å². The highest BCUT2D eigenvalue weighted by Gasteiger charge is 2.29. The van der Waals surface area contributed by atoms with Gasteiger partial charge in [0.15, 0.2) is 0 Å². The Labute approximate surface area is 113 Å². The van der Waals surface area contributed by atoms with Gasteiger partial charge in [0.05, 0.1) is 12.4 Å². The number of nitrogens with zero attached hydrogens (tertiary/aromatic N) is 4. The molecule has 3 rings (SSSR count). The van der Waals surface area contributed by atoms with Crippen molar-refractivity contribution in [3.8, 4) is 0 Å². The van der Waals surface area contributed by atoms with Crippen LogP contribution >= 0.6 is 0 Å². The summed E-state index contributed by atoms with van der Waals surface area (Å²) < 4.78 is 0. The molecule has 19 heavy (non-hydrogen) atoms.